The van der Waals surface area contributed by atoms with Gasteiger partial charge in [0.1, 0.15) is 17.8 Å². The fourth-order valence-corrected chi connectivity index (χ4v) is 4.19. The van der Waals surface area contributed by atoms with Crippen molar-refractivity contribution in [2.45, 2.75) is 37.6 Å². The minimum absolute atomic E-state index is 0.181. The van der Waals surface area contributed by atoms with Gasteiger partial charge in [-0.1, -0.05) is 24.3 Å². The smallest absolute Gasteiger partial charge is 0.227 e. The summed E-state index contributed by atoms with van der Waals surface area (Å²) in [7, 11) is 1.93. The van der Waals surface area contributed by atoms with Gasteiger partial charge in [0.25, 0.3) is 0 Å². The van der Waals surface area contributed by atoms with Gasteiger partial charge in [0.2, 0.25) is 5.91 Å². The average Bonchev–Trinajstić information content (AvgIpc) is 3.25. The van der Waals surface area contributed by atoms with Crippen LogP contribution >= 0.6 is 0 Å². The Morgan fingerprint density at radius 3 is 2.79 bits per heavy atom. The Morgan fingerprint density at radius 2 is 2.00 bits per heavy atom. The van der Waals surface area contributed by atoms with Crippen LogP contribution in [0.1, 0.15) is 36.3 Å². The molecule has 28 heavy (non-hydrogen) atoms. The number of carbonyl (C=O) groups is 1. The average molecular weight is 375 g/mol. The number of H-pyrrole nitrogens is 1. The molecule has 1 saturated heterocycles. The van der Waals surface area contributed by atoms with Gasteiger partial charge in [-0.2, -0.15) is 0 Å². The van der Waals surface area contributed by atoms with Crippen molar-refractivity contribution < 1.29 is 4.79 Å². The number of rotatable bonds is 5. The second kappa shape index (κ2) is 6.93. The summed E-state index contributed by atoms with van der Waals surface area (Å²) in [6.07, 6.45) is 7.52. The lowest BCUT2D eigenvalue weighted by atomic mass is 10.1. The lowest BCUT2D eigenvalue weighted by Crippen LogP contribution is -2.40. The molecule has 144 valence electrons. The number of aromatic nitrogens is 3. The summed E-state index contributed by atoms with van der Waals surface area (Å²) >= 11 is 0. The number of nitrogens with zero attached hydrogens (tertiary/aromatic N) is 4. The molecular weight excluding hydrogens is 350 g/mol. The van der Waals surface area contributed by atoms with Crippen LogP contribution in [0.25, 0.3) is 11.0 Å². The van der Waals surface area contributed by atoms with Gasteiger partial charge in [0, 0.05) is 26.3 Å². The molecule has 6 nitrogen and oxygen atoms in total. The number of amides is 1. The Balaban J connectivity index is 1.23. The Bertz CT molecular complexity index is 992. The first-order valence-electron chi connectivity index (χ1n) is 10.1. The third-order valence-electron chi connectivity index (χ3n) is 6.12. The van der Waals surface area contributed by atoms with E-state index in [1.807, 2.05) is 24.2 Å². The summed E-state index contributed by atoms with van der Waals surface area (Å²) in [5, 5.41) is 1.04. The van der Waals surface area contributed by atoms with Crippen molar-refractivity contribution in [3.63, 3.8) is 0 Å². The maximum Gasteiger partial charge on any atom is 0.227 e. The van der Waals surface area contributed by atoms with Crippen molar-refractivity contribution in [2.75, 3.05) is 25.0 Å². The first-order valence-corrected chi connectivity index (χ1v) is 10.1. The van der Waals surface area contributed by atoms with Crippen LogP contribution in [-0.4, -0.2) is 51.9 Å². The lowest BCUT2D eigenvalue weighted by Gasteiger charge is -2.25. The largest absolute Gasteiger partial charge is 0.354 e. The van der Waals surface area contributed by atoms with E-state index in [-0.39, 0.29) is 11.9 Å². The highest BCUT2D eigenvalue weighted by atomic mass is 16.2. The highest BCUT2D eigenvalue weighted by Gasteiger charge is 2.30. The minimum atomic E-state index is 0.181. The normalized spacial score (nSPS) is 19.3. The molecule has 1 aliphatic heterocycles. The van der Waals surface area contributed by atoms with Gasteiger partial charge in [0.15, 0.2) is 0 Å². The third-order valence-corrected chi connectivity index (χ3v) is 6.12. The van der Waals surface area contributed by atoms with Crippen LogP contribution in [0.15, 0.2) is 42.9 Å². The number of hydrogen-bond acceptors (Lipinski definition) is 4. The predicted octanol–water partition coefficient (Wildman–Crippen LogP) is 3.12. The molecule has 1 atom stereocenters. The summed E-state index contributed by atoms with van der Waals surface area (Å²) in [6, 6.07) is 10.8. The molecular formula is C22H25N5O. The summed E-state index contributed by atoms with van der Waals surface area (Å²) in [6.45, 7) is 1.70. The van der Waals surface area contributed by atoms with E-state index < -0.39 is 0 Å². The van der Waals surface area contributed by atoms with Crippen molar-refractivity contribution in [3.05, 3.63) is 54.0 Å². The Morgan fingerprint density at radius 1 is 1.18 bits per heavy atom. The highest BCUT2D eigenvalue weighted by molar-refractivity contribution is 5.87. The van der Waals surface area contributed by atoms with Crippen LogP contribution in [0.3, 0.4) is 0 Å². The molecule has 1 N–H and O–H groups in total. The first-order chi connectivity index (χ1) is 13.7. The number of likely N-dealkylation sites (N-methyl/N-ethyl adjacent to an activating group) is 1. The zero-order valence-corrected chi connectivity index (χ0v) is 16.1. The molecule has 1 saturated carbocycles. The molecule has 0 radical (unpaired) electrons. The van der Waals surface area contributed by atoms with Gasteiger partial charge in [0.05, 0.1) is 17.8 Å². The molecule has 0 bridgehead atoms. The number of aromatic amines is 1. The Labute approximate surface area is 164 Å². The van der Waals surface area contributed by atoms with Gasteiger partial charge in [-0.05, 0) is 42.4 Å². The van der Waals surface area contributed by atoms with Gasteiger partial charge in [-0.3, -0.25) is 4.79 Å². The Hall–Kier alpha value is -2.89. The van der Waals surface area contributed by atoms with Crippen LogP contribution in [0.5, 0.6) is 0 Å². The molecule has 1 aliphatic carbocycles. The zero-order valence-electron chi connectivity index (χ0n) is 16.1. The molecule has 1 aromatic carbocycles. The summed E-state index contributed by atoms with van der Waals surface area (Å²) in [5.41, 5.74) is 3.37. The molecule has 5 rings (SSSR count). The molecule has 3 aromatic rings. The van der Waals surface area contributed by atoms with Gasteiger partial charge >= 0.3 is 0 Å². The number of anilines is 1. The van der Waals surface area contributed by atoms with E-state index in [9.17, 15) is 4.79 Å². The van der Waals surface area contributed by atoms with E-state index in [1.54, 1.807) is 6.33 Å². The van der Waals surface area contributed by atoms with E-state index >= 15 is 0 Å². The summed E-state index contributed by atoms with van der Waals surface area (Å²) < 4.78 is 0. The minimum Gasteiger partial charge on any atom is -0.354 e. The molecule has 2 aromatic heterocycles. The lowest BCUT2D eigenvalue weighted by molar-refractivity contribution is -0.130. The number of fused-ring (bicyclic) bond motifs is 1. The highest BCUT2D eigenvalue weighted by Crippen LogP contribution is 2.39. The van der Waals surface area contributed by atoms with Crippen molar-refractivity contribution in [1.82, 2.24) is 19.9 Å². The Kier molecular flexibility index (Phi) is 4.26. The fourth-order valence-electron chi connectivity index (χ4n) is 4.19. The molecule has 2 aliphatic rings. The maximum atomic E-state index is 12.8. The first kappa shape index (κ1) is 17.2. The summed E-state index contributed by atoms with van der Waals surface area (Å²) in [5.74, 6) is 1.89. The van der Waals surface area contributed by atoms with Crippen LogP contribution in [0.2, 0.25) is 0 Å². The van der Waals surface area contributed by atoms with Crippen LogP contribution in [-0.2, 0) is 11.2 Å². The van der Waals surface area contributed by atoms with Crippen LogP contribution in [0.4, 0.5) is 5.82 Å². The SMILES string of the molecule is CN(C(=O)Cc1ccc(C2CC2)cc1)[C@@H]1CCN(c2ncnc3[nH]ccc23)C1. The fraction of sp³-hybridized carbons (Fsp3) is 0.409. The molecule has 2 fully saturated rings. The summed E-state index contributed by atoms with van der Waals surface area (Å²) in [4.78, 5) is 28.9. The van der Waals surface area contributed by atoms with Crippen molar-refractivity contribution in [3.8, 4) is 0 Å². The van der Waals surface area contributed by atoms with Crippen molar-refractivity contribution in [1.29, 1.82) is 0 Å². The van der Waals surface area contributed by atoms with Gasteiger partial charge < -0.3 is 14.8 Å². The van der Waals surface area contributed by atoms with Crippen LogP contribution in [0, 0.1) is 0 Å². The maximum absolute atomic E-state index is 12.8. The second-order valence-electron chi connectivity index (χ2n) is 8.02. The van der Waals surface area contributed by atoms with E-state index in [0.29, 0.717) is 6.42 Å². The van der Waals surface area contributed by atoms with E-state index in [0.717, 1.165) is 47.8 Å². The standard InChI is InChI=1S/C22H25N5O/c1-26(20(28)12-15-2-4-16(5-3-15)17-6-7-17)18-9-11-27(13-18)22-19-8-10-23-21(19)24-14-25-22/h2-5,8,10,14,17-18H,6-7,9,11-13H2,1H3,(H,23,24,25)/t18-/m1/s1. The second-order valence-corrected chi connectivity index (χ2v) is 8.02. The topological polar surface area (TPSA) is 65.1 Å². The van der Waals surface area contributed by atoms with E-state index in [4.69, 9.17) is 0 Å². The zero-order chi connectivity index (χ0) is 19.1. The van der Waals surface area contributed by atoms with Gasteiger partial charge in [-0.25, -0.2) is 9.97 Å². The van der Waals surface area contributed by atoms with Crippen molar-refractivity contribution >= 4 is 22.8 Å². The third kappa shape index (κ3) is 3.23. The predicted molar refractivity (Wildman–Crippen MR) is 109 cm³/mol. The van der Waals surface area contributed by atoms with Crippen molar-refractivity contribution in [2.24, 2.45) is 0 Å². The monoisotopic (exact) mass is 375 g/mol. The number of nitrogens with one attached hydrogen (secondary N) is 1. The molecule has 3 heterocycles. The molecule has 0 spiro atoms. The number of carbonyl (C=O) groups excluding carboxylic acids is 1. The molecule has 6 heteroatoms. The number of hydrogen-bond donors (Lipinski definition) is 1. The van der Waals surface area contributed by atoms with E-state index in [1.165, 1.54) is 18.4 Å². The molecule has 1 amide bonds. The number of benzene rings is 1. The quantitative estimate of drug-likeness (QED) is 0.744. The molecule has 0 unspecified atom stereocenters. The van der Waals surface area contributed by atoms with Gasteiger partial charge in [-0.15, -0.1) is 0 Å². The van der Waals surface area contributed by atoms with Crippen LogP contribution < -0.4 is 4.90 Å². The van der Waals surface area contributed by atoms with E-state index in [2.05, 4.69) is 44.1 Å².